The third kappa shape index (κ3) is 2.85. The summed E-state index contributed by atoms with van der Waals surface area (Å²) in [5, 5.41) is 9.87. The first-order chi connectivity index (χ1) is 9.66. The highest BCUT2D eigenvalue weighted by Crippen LogP contribution is 2.41. The predicted octanol–water partition coefficient (Wildman–Crippen LogP) is 2.53. The summed E-state index contributed by atoms with van der Waals surface area (Å²) in [5.41, 5.74) is 1.14. The van der Waals surface area contributed by atoms with Gasteiger partial charge in [-0.25, -0.2) is 5.01 Å². The maximum absolute atomic E-state index is 13.5. The Bertz CT molecular complexity index is 604. The Labute approximate surface area is 120 Å². The molecule has 112 valence electrons. The number of nitriles is 1. The van der Waals surface area contributed by atoms with Crippen LogP contribution in [-0.4, -0.2) is 23.6 Å². The van der Waals surface area contributed by atoms with Crippen molar-refractivity contribution in [1.29, 1.82) is 5.26 Å². The first-order valence-electron chi connectivity index (χ1n) is 6.30. The van der Waals surface area contributed by atoms with Crippen LogP contribution in [0.25, 0.3) is 0 Å². The summed E-state index contributed by atoms with van der Waals surface area (Å²) >= 11 is 0. The SMILES string of the molecule is CC1(C)CN(C(c2ccccc2C#N)C(F)(F)F)NC1=O. The molecule has 7 heteroatoms. The molecule has 0 saturated carbocycles. The fourth-order valence-electron chi connectivity index (χ4n) is 2.33. The molecule has 0 radical (unpaired) electrons. The number of rotatable bonds is 2. The molecule has 1 N–H and O–H groups in total. The second kappa shape index (κ2) is 5.04. The molecule has 1 atom stereocenters. The summed E-state index contributed by atoms with van der Waals surface area (Å²) in [6.07, 6.45) is -4.61. The lowest BCUT2D eigenvalue weighted by molar-refractivity contribution is -0.191. The zero-order valence-corrected chi connectivity index (χ0v) is 11.5. The van der Waals surface area contributed by atoms with Gasteiger partial charge in [-0.15, -0.1) is 0 Å². The van der Waals surface area contributed by atoms with Crippen molar-refractivity contribution in [2.75, 3.05) is 6.54 Å². The first-order valence-corrected chi connectivity index (χ1v) is 6.30. The molecule has 1 amide bonds. The van der Waals surface area contributed by atoms with Gasteiger partial charge in [0.25, 0.3) is 0 Å². The highest BCUT2D eigenvalue weighted by Gasteiger charge is 2.51. The Morgan fingerprint density at radius 2 is 2.00 bits per heavy atom. The van der Waals surface area contributed by atoms with Gasteiger partial charge in [-0.2, -0.15) is 18.4 Å². The van der Waals surface area contributed by atoms with Crippen molar-refractivity contribution in [2.45, 2.75) is 26.1 Å². The lowest BCUT2D eigenvalue weighted by Crippen LogP contribution is -2.44. The van der Waals surface area contributed by atoms with Crippen LogP contribution in [-0.2, 0) is 4.79 Å². The molecule has 1 aliphatic heterocycles. The molecular weight excluding hydrogens is 283 g/mol. The monoisotopic (exact) mass is 297 g/mol. The summed E-state index contributed by atoms with van der Waals surface area (Å²) in [6, 6.07) is 5.25. The molecule has 2 rings (SSSR count). The molecule has 1 aliphatic rings. The van der Waals surface area contributed by atoms with Crippen molar-refractivity contribution in [1.82, 2.24) is 10.4 Å². The van der Waals surface area contributed by atoms with Crippen molar-refractivity contribution in [3.63, 3.8) is 0 Å². The minimum atomic E-state index is -4.61. The number of nitrogens with zero attached hydrogens (tertiary/aromatic N) is 2. The van der Waals surface area contributed by atoms with E-state index in [0.29, 0.717) is 0 Å². The maximum atomic E-state index is 13.5. The van der Waals surface area contributed by atoms with Crippen molar-refractivity contribution in [3.8, 4) is 6.07 Å². The van der Waals surface area contributed by atoms with Crippen LogP contribution >= 0.6 is 0 Å². The van der Waals surface area contributed by atoms with Crippen LogP contribution in [0.15, 0.2) is 24.3 Å². The lowest BCUT2D eigenvalue weighted by Gasteiger charge is -2.30. The summed E-state index contributed by atoms with van der Waals surface area (Å²) in [6.45, 7) is 3.06. The number of halogens is 3. The molecule has 1 heterocycles. The van der Waals surface area contributed by atoms with Crippen LogP contribution in [0, 0.1) is 16.7 Å². The van der Waals surface area contributed by atoms with E-state index in [1.807, 2.05) is 0 Å². The minimum absolute atomic E-state index is 0.0567. The van der Waals surface area contributed by atoms with E-state index in [2.05, 4.69) is 5.43 Å². The molecule has 1 unspecified atom stereocenters. The van der Waals surface area contributed by atoms with E-state index in [1.165, 1.54) is 24.3 Å². The number of carbonyl (C=O) groups excluding carboxylic acids is 1. The van der Waals surface area contributed by atoms with Crippen LogP contribution in [0.5, 0.6) is 0 Å². The van der Waals surface area contributed by atoms with E-state index in [1.54, 1.807) is 19.9 Å². The van der Waals surface area contributed by atoms with Crippen LogP contribution in [0.4, 0.5) is 13.2 Å². The number of amides is 1. The molecule has 0 spiro atoms. The second-order valence-corrected chi connectivity index (χ2v) is 5.60. The Hall–Kier alpha value is -2.07. The molecule has 0 aliphatic carbocycles. The Morgan fingerprint density at radius 1 is 1.38 bits per heavy atom. The smallest absolute Gasteiger partial charge is 0.287 e. The number of hydrogen-bond acceptors (Lipinski definition) is 3. The Balaban J connectivity index is 2.47. The topological polar surface area (TPSA) is 56.1 Å². The third-order valence-corrected chi connectivity index (χ3v) is 3.42. The molecule has 1 aromatic rings. The van der Waals surface area contributed by atoms with Crippen LogP contribution in [0.2, 0.25) is 0 Å². The zero-order chi connectivity index (χ0) is 15.8. The van der Waals surface area contributed by atoms with Gasteiger partial charge in [-0.3, -0.25) is 10.2 Å². The second-order valence-electron chi connectivity index (χ2n) is 5.60. The van der Waals surface area contributed by atoms with Gasteiger partial charge >= 0.3 is 6.18 Å². The molecule has 1 fully saturated rings. The van der Waals surface area contributed by atoms with Crippen molar-refractivity contribution < 1.29 is 18.0 Å². The normalized spacial score (nSPS) is 19.9. The van der Waals surface area contributed by atoms with Crippen molar-refractivity contribution in [2.24, 2.45) is 5.41 Å². The molecule has 1 aromatic carbocycles. The Morgan fingerprint density at radius 3 is 2.48 bits per heavy atom. The minimum Gasteiger partial charge on any atom is -0.287 e. The number of alkyl halides is 3. The zero-order valence-electron chi connectivity index (χ0n) is 11.5. The van der Waals surface area contributed by atoms with Gasteiger partial charge in [-0.05, 0) is 25.5 Å². The van der Waals surface area contributed by atoms with Gasteiger partial charge in [0.05, 0.1) is 17.0 Å². The lowest BCUT2D eigenvalue weighted by atomic mass is 9.93. The number of benzene rings is 1. The quantitative estimate of drug-likeness (QED) is 0.912. The van der Waals surface area contributed by atoms with Crippen LogP contribution in [0.1, 0.15) is 31.0 Å². The first kappa shape index (κ1) is 15.3. The van der Waals surface area contributed by atoms with Crippen molar-refractivity contribution in [3.05, 3.63) is 35.4 Å². The van der Waals surface area contributed by atoms with Gasteiger partial charge in [0.2, 0.25) is 5.91 Å². The molecule has 1 saturated heterocycles. The Kier molecular flexibility index (Phi) is 3.68. The van der Waals surface area contributed by atoms with Gasteiger partial charge in [0.1, 0.15) is 0 Å². The van der Waals surface area contributed by atoms with Gasteiger partial charge in [-0.1, -0.05) is 18.2 Å². The number of hydrogen-bond donors (Lipinski definition) is 1. The largest absolute Gasteiger partial charge is 0.409 e. The van der Waals surface area contributed by atoms with Crippen LogP contribution in [0.3, 0.4) is 0 Å². The molecule has 0 bridgehead atoms. The highest BCUT2D eigenvalue weighted by atomic mass is 19.4. The fraction of sp³-hybridized carbons (Fsp3) is 0.429. The van der Waals surface area contributed by atoms with Gasteiger partial charge < -0.3 is 0 Å². The average Bonchev–Trinajstić information content (AvgIpc) is 2.62. The standard InChI is InChI=1S/C14H14F3N3O/c1-13(2)8-20(19-12(13)21)11(14(15,16)17)10-6-4-3-5-9(10)7-18/h3-6,11H,8H2,1-2H3,(H,19,21). The van der Waals surface area contributed by atoms with E-state index in [9.17, 15) is 18.0 Å². The van der Waals surface area contributed by atoms with Crippen molar-refractivity contribution >= 4 is 5.91 Å². The van der Waals surface area contributed by atoms with Crippen LogP contribution < -0.4 is 5.43 Å². The summed E-state index contributed by atoms with van der Waals surface area (Å²) in [4.78, 5) is 11.7. The number of carbonyl (C=O) groups is 1. The molecule has 4 nitrogen and oxygen atoms in total. The predicted molar refractivity (Wildman–Crippen MR) is 68.6 cm³/mol. The molecule has 21 heavy (non-hydrogen) atoms. The van der Waals surface area contributed by atoms with Gasteiger partial charge in [0, 0.05) is 6.54 Å². The summed E-state index contributed by atoms with van der Waals surface area (Å²) in [7, 11) is 0. The van der Waals surface area contributed by atoms with E-state index in [4.69, 9.17) is 5.26 Å². The van der Waals surface area contributed by atoms with E-state index in [0.717, 1.165) is 5.01 Å². The van der Waals surface area contributed by atoms with Gasteiger partial charge in [0.15, 0.2) is 6.04 Å². The molecular formula is C14H14F3N3O. The average molecular weight is 297 g/mol. The number of hydrazine groups is 1. The van der Waals surface area contributed by atoms with E-state index >= 15 is 0 Å². The highest BCUT2D eigenvalue weighted by molar-refractivity contribution is 5.83. The van der Waals surface area contributed by atoms with E-state index < -0.39 is 23.5 Å². The maximum Gasteiger partial charge on any atom is 0.409 e. The summed E-state index contributed by atoms with van der Waals surface area (Å²) in [5.74, 6) is -0.466. The molecule has 0 aromatic heterocycles. The summed E-state index contributed by atoms with van der Waals surface area (Å²) < 4.78 is 40.4. The van der Waals surface area contributed by atoms with E-state index in [-0.39, 0.29) is 17.7 Å². The fourth-order valence-corrected chi connectivity index (χ4v) is 2.33. The third-order valence-electron chi connectivity index (χ3n) is 3.42. The number of nitrogens with one attached hydrogen (secondary N) is 1.